The van der Waals surface area contributed by atoms with E-state index in [0.717, 1.165) is 44.0 Å². The molecule has 0 saturated carbocycles. The van der Waals surface area contributed by atoms with Crippen molar-refractivity contribution < 1.29 is 4.74 Å². The van der Waals surface area contributed by atoms with E-state index in [4.69, 9.17) is 16.3 Å². The van der Waals surface area contributed by atoms with Crippen molar-refractivity contribution in [3.05, 3.63) is 34.9 Å². The molecule has 0 aliphatic heterocycles. The molecule has 0 spiro atoms. The minimum atomic E-state index is 0.411. The van der Waals surface area contributed by atoms with E-state index < -0.39 is 0 Å². The van der Waals surface area contributed by atoms with Gasteiger partial charge in [0, 0.05) is 24.3 Å². The summed E-state index contributed by atoms with van der Waals surface area (Å²) in [7, 11) is 0. The molecule has 0 saturated heterocycles. The highest BCUT2D eigenvalue weighted by molar-refractivity contribution is 6.30. The lowest BCUT2D eigenvalue weighted by Gasteiger charge is -2.17. The van der Waals surface area contributed by atoms with Crippen molar-refractivity contribution in [3.63, 3.8) is 0 Å². The summed E-state index contributed by atoms with van der Waals surface area (Å²) < 4.78 is 5.46. The highest BCUT2D eigenvalue weighted by atomic mass is 35.5. The third kappa shape index (κ3) is 5.85. The van der Waals surface area contributed by atoms with Gasteiger partial charge in [0.1, 0.15) is 0 Å². The van der Waals surface area contributed by atoms with Crippen LogP contribution >= 0.6 is 11.6 Å². The molecular weight excluding hydrogens is 246 g/mol. The van der Waals surface area contributed by atoms with E-state index in [1.54, 1.807) is 0 Å². The maximum Gasteiger partial charge on any atom is 0.0478 e. The molecule has 0 heterocycles. The molecule has 1 aromatic rings. The van der Waals surface area contributed by atoms with E-state index in [2.05, 4.69) is 31.3 Å². The van der Waals surface area contributed by atoms with Gasteiger partial charge in [0.15, 0.2) is 0 Å². The van der Waals surface area contributed by atoms with E-state index in [1.807, 2.05) is 12.1 Å². The summed E-state index contributed by atoms with van der Waals surface area (Å²) in [5, 5.41) is 4.35. The number of ether oxygens (including phenoxy) is 1. The van der Waals surface area contributed by atoms with Crippen LogP contribution in [0.2, 0.25) is 5.02 Å². The van der Waals surface area contributed by atoms with E-state index in [9.17, 15) is 0 Å². The van der Waals surface area contributed by atoms with Gasteiger partial charge < -0.3 is 10.1 Å². The van der Waals surface area contributed by atoms with E-state index in [1.165, 1.54) is 5.56 Å². The van der Waals surface area contributed by atoms with Gasteiger partial charge in [-0.15, -0.1) is 0 Å². The van der Waals surface area contributed by atoms with Crippen LogP contribution < -0.4 is 5.32 Å². The zero-order valence-electron chi connectivity index (χ0n) is 11.4. The Hall–Kier alpha value is -0.570. The predicted molar refractivity (Wildman–Crippen MR) is 78.2 cm³/mol. The van der Waals surface area contributed by atoms with Crippen molar-refractivity contribution in [2.75, 3.05) is 19.8 Å². The van der Waals surface area contributed by atoms with Crippen molar-refractivity contribution in [1.29, 1.82) is 0 Å². The molecule has 0 aliphatic rings. The third-order valence-electron chi connectivity index (χ3n) is 2.89. The van der Waals surface area contributed by atoms with Gasteiger partial charge in [-0.2, -0.15) is 0 Å². The highest BCUT2D eigenvalue weighted by Crippen LogP contribution is 2.18. The second-order valence-electron chi connectivity index (χ2n) is 4.43. The molecule has 18 heavy (non-hydrogen) atoms. The molecule has 1 rings (SSSR count). The van der Waals surface area contributed by atoms with Crippen molar-refractivity contribution in [3.8, 4) is 0 Å². The molecule has 0 amide bonds. The van der Waals surface area contributed by atoms with Crippen molar-refractivity contribution in [2.45, 2.75) is 39.2 Å². The summed E-state index contributed by atoms with van der Waals surface area (Å²) in [5.41, 5.74) is 1.30. The van der Waals surface area contributed by atoms with Crippen LogP contribution in [0, 0.1) is 0 Å². The Morgan fingerprint density at radius 3 is 2.50 bits per heavy atom. The maximum atomic E-state index is 5.90. The van der Waals surface area contributed by atoms with Gasteiger partial charge in [0.2, 0.25) is 0 Å². The number of nitrogens with one attached hydrogen (secondary N) is 1. The predicted octanol–water partition coefficient (Wildman–Crippen LogP) is 4.20. The Labute approximate surface area is 116 Å². The van der Waals surface area contributed by atoms with Crippen LogP contribution in [-0.2, 0) is 4.74 Å². The minimum Gasteiger partial charge on any atom is -0.381 e. The highest BCUT2D eigenvalue weighted by Gasteiger charge is 2.07. The van der Waals surface area contributed by atoms with Crippen LogP contribution in [0.25, 0.3) is 0 Å². The number of hydrogen-bond donors (Lipinski definition) is 1. The first-order valence-electron chi connectivity index (χ1n) is 6.84. The molecule has 1 N–H and O–H groups in total. The molecule has 0 aromatic heterocycles. The molecule has 102 valence electrons. The second-order valence-corrected chi connectivity index (χ2v) is 4.87. The van der Waals surface area contributed by atoms with Gasteiger partial charge in [-0.05, 0) is 43.5 Å². The van der Waals surface area contributed by atoms with Gasteiger partial charge in [-0.1, -0.05) is 37.6 Å². The van der Waals surface area contributed by atoms with E-state index >= 15 is 0 Å². The molecule has 0 radical (unpaired) electrons. The van der Waals surface area contributed by atoms with Crippen molar-refractivity contribution in [1.82, 2.24) is 5.32 Å². The molecule has 1 unspecified atom stereocenters. The van der Waals surface area contributed by atoms with Crippen LogP contribution in [0.15, 0.2) is 24.3 Å². The monoisotopic (exact) mass is 269 g/mol. The molecule has 1 aromatic carbocycles. The van der Waals surface area contributed by atoms with Crippen LogP contribution in [-0.4, -0.2) is 19.8 Å². The number of benzene rings is 1. The molecule has 0 fully saturated rings. The fourth-order valence-electron chi connectivity index (χ4n) is 1.89. The van der Waals surface area contributed by atoms with Crippen molar-refractivity contribution >= 4 is 11.6 Å². The Balaban J connectivity index is 2.27. The van der Waals surface area contributed by atoms with Gasteiger partial charge in [-0.25, -0.2) is 0 Å². The Kier molecular flexibility index (Phi) is 8.06. The summed E-state index contributed by atoms with van der Waals surface area (Å²) in [5.74, 6) is 0. The molecule has 0 bridgehead atoms. The summed E-state index contributed by atoms with van der Waals surface area (Å²) >= 11 is 5.90. The maximum absolute atomic E-state index is 5.90. The lowest BCUT2D eigenvalue weighted by molar-refractivity contribution is 0.131. The summed E-state index contributed by atoms with van der Waals surface area (Å²) in [6.07, 6.45) is 3.23. The van der Waals surface area contributed by atoms with Crippen LogP contribution in [0.3, 0.4) is 0 Å². The molecular formula is C15H24ClNO. The van der Waals surface area contributed by atoms with Crippen LogP contribution in [0.1, 0.15) is 44.7 Å². The first-order chi connectivity index (χ1) is 8.77. The zero-order valence-corrected chi connectivity index (χ0v) is 12.2. The Bertz CT molecular complexity index is 313. The lowest BCUT2D eigenvalue weighted by Crippen LogP contribution is -2.22. The van der Waals surface area contributed by atoms with E-state index in [0.29, 0.717) is 6.04 Å². The fourth-order valence-corrected chi connectivity index (χ4v) is 2.02. The topological polar surface area (TPSA) is 21.3 Å². The quantitative estimate of drug-likeness (QED) is 0.679. The Morgan fingerprint density at radius 1 is 1.17 bits per heavy atom. The average Bonchev–Trinajstić information content (AvgIpc) is 2.39. The number of rotatable bonds is 9. The van der Waals surface area contributed by atoms with Crippen LogP contribution in [0.5, 0.6) is 0 Å². The first-order valence-corrected chi connectivity index (χ1v) is 7.22. The summed E-state index contributed by atoms with van der Waals surface area (Å²) in [6, 6.07) is 8.50. The minimum absolute atomic E-state index is 0.411. The van der Waals surface area contributed by atoms with Crippen molar-refractivity contribution in [2.24, 2.45) is 0 Å². The second kappa shape index (κ2) is 9.37. The molecule has 3 heteroatoms. The van der Waals surface area contributed by atoms with E-state index in [-0.39, 0.29) is 0 Å². The first kappa shape index (κ1) is 15.5. The third-order valence-corrected chi connectivity index (χ3v) is 3.14. The normalized spacial score (nSPS) is 12.6. The van der Waals surface area contributed by atoms with Gasteiger partial charge >= 0.3 is 0 Å². The summed E-state index contributed by atoms with van der Waals surface area (Å²) in [6.45, 7) is 7.03. The fraction of sp³-hybridized carbons (Fsp3) is 0.600. The Morgan fingerprint density at radius 2 is 1.89 bits per heavy atom. The van der Waals surface area contributed by atoms with Crippen LogP contribution in [0.4, 0.5) is 0 Å². The molecule has 0 aliphatic carbocycles. The van der Waals surface area contributed by atoms with Gasteiger partial charge in [-0.3, -0.25) is 0 Å². The largest absolute Gasteiger partial charge is 0.381 e. The lowest BCUT2D eigenvalue weighted by atomic mass is 10.0. The standard InChI is InChI=1S/C15H24ClNO/c1-3-11-18-12-5-10-17-15(4-2)13-6-8-14(16)9-7-13/h6-9,15,17H,3-5,10-12H2,1-2H3. The number of halogens is 1. The molecule has 1 atom stereocenters. The molecule has 2 nitrogen and oxygen atoms in total. The van der Waals surface area contributed by atoms with Gasteiger partial charge in [0.25, 0.3) is 0 Å². The smallest absolute Gasteiger partial charge is 0.0478 e. The van der Waals surface area contributed by atoms with Gasteiger partial charge in [0.05, 0.1) is 0 Å². The zero-order chi connectivity index (χ0) is 13.2. The number of hydrogen-bond acceptors (Lipinski definition) is 2. The summed E-state index contributed by atoms with van der Waals surface area (Å²) in [4.78, 5) is 0. The SMILES string of the molecule is CCCOCCCNC(CC)c1ccc(Cl)cc1. The average molecular weight is 270 g/mol.